The molecular weight excluding hydrogens is 182 g/mol. The van der Waals surface area contributed by atoms with Crippen molar-refractivity contribution < 1.29 is 0 Å². The van der Waals surface area contributed by atoms with E-state index >= 15 is 0 Å². The molecular formula is C14H11N. The quantitative estimate of drug-likeness (QED) is 0.670. The third-order valence-corrected chi connectivity index (χ3v) is 2.41. The van der Waals surface area contributed by atoms with Crippen LogP contribution in [0.3, 0.4) is 0 Å². The number of hydrogen-bond donors (Lipinski definition) is 0. The van der Waals surface area contributed by atoms with Crippen LogP contribution >= 0.6 is 0 Å². The molecule has 1 heteroatoms. The average molecular weight is 193 g/mol. The van der Waals surface area contributed by atoms with Gasteiger partial charge in [-0.15, -0.1) is 6.58 Å². The lowest BCUT2D eigenvalue weighted by Gasteiger charge is -2.01. The van der Waals surface area contributed by atoms with Gasteiger partial charge in [0.15, 0.2) is 0 Å². The maximum atomic E-state index is 8.77. The Bertz CT molecular complexity index is 547. The molecule has 15 heavy (non-hydrogen) atoms. The molecule has 72 valence electrons. The summed E-state index contributed by atoms with van der Waals surface area (Å²) in [7, 11) is 0. The monoisotopic (exact) mass is 193 g/mol. The number of nitrogens with zero attached hydrogens (tertiary/aromatic N) is 1. The number of fused-ring (bicyclic) bond motifs is 1. The van der Waals surface area contributed by atoms with Crippen LogP contribution < -0.4 is 0 Å². The zero-order chi connectivity index (χ0) is 10.7. The SMILES string of the molecule is C=CCc1ccc2cc(C#N)ccc2c1. The minimum absolute atomic E-state index is 0.707. The second kappa shape index (κ2) is 3.98. The highest BCUT2D eigenvalue weighted by molar-refractivity contribution is 5.84. The van der Waals surface area contributed by atoms with Gasteiger partial charge in [0.1, 0.15) is 0 Å². The second-order valence-electron chi connectivity index (χ2n) is 3.50. The first kappa shape index (κ1) is 9.48. The van der Waals surface area contributed by atoms with Crippen LogP contribution in [0, 0.1) is 11.3 Å². The van der Waals surface area contributed by atoms with E-state index < -0.39 is 0 Å². The lowest BCUT2D eigenvalue weighted by Crippen LogP contribution is -1.82. The summed E-state index contributed by atoms with van der Waals surface area (Å²) in [6, 6.07) is 14.1. The summed E-state index contributed by atoms with van der Waals surface area (Å²) in [5.74, 6) is 0. The number of benzene rings is 2. The molecule has 0 atom stereocenters. The fourth-order valence-corrected chi connectivity index (χ4v) is 1.66. The van der Waals surface area contributed by atoms with Gasteiger partial charge in [0, 0.05) is 0 Å². The number of allylic oxidation sites excluding steroid dienone is 1. The molecule has 2 aromatic carbocycles. The molecule has 0 saturated carbocycles. The maximum Gasteiger partial charge on any atom is 0.0991 e. The van der Waals surface area contributed by atoms with Crippen LogP contribution in [0.5, 0.6) is 0 Å². The van der Waals surface area contributed by atoms with E-state index in [1.54, 1.807) is 0 Å². The number of hydrogen-bond acceptors (Lipinski definition) is 1. The molecule has 0 heterocycles. The predicted octanol–water partition coefficient (Wildman–Crippen LogP) is 3.44. The van der Waals surface area contributed by atoms with Crippen molar-refractivity contribution in [3.8, 4) is 6.07 Å². The molecule has 0 saturated heterocycles. The lowest BCUT2D eigenvalue weighted by atomic mass is 10.0. The first-order chi connectivity index (χ1) is 7.33. The number of nitriles is 1. The van der Waals surface area contributed by atoms with Gasteiger partial charge in [-0.2, -0.15) is 5.26 Å². The first-order valence-electron chi connectivity index (χ1n) is 4.87. The third-order valence-electron chi connectivity index (χ3n) is 2.41. The van der Waals surface area contributed by atoms with E-state index in [2.05, 4.69) is 30.8 Å². The van der Waals surface area contributed by atoms with Crippen molar-refractivity contribution >= 4 is 10.8 Å². The van der Waals surface area contributed by atoms with Gasteiger partial charge in [-0.25, -0.2) is 0 Å². The summed E-state index contributed by atoms with van der Waals surface area (Å²) in [6.45, 7) is 3.72. The summed E-state index contributed by atoms with van der Waals surface area (Å²) >= 11 is 0. The second-order valence-corrected chi connectivity index (χ2v) is 3.50. The van der Waals surface area contributed by atoms with Crippen LogP contribution in [0.25, 0.3) is 10.8 Å². The molecule has 0 aromatic heterocycles. The molecule has 0 bridgehead atoms. The minimum atomic E-state index is 0.707. The summed E-state index contributed by atoms with van der Waals surface area (Å²) in [5.41, 5.74) is 1.96. The molecule has 0 N–H and O–H groups in total. The standard InChI is InChI=1S/C14H11N/c1-2-3-11-4-6-14-9-12(10-15)5-7-13(14)8-11/h2,4-9H,1,3H2. The van der Waals surface area contributed by atoms with Gasteiger partial charge in [0.2, 0.25) is 0 Å². The molecule has 0 aliphatic rings. The lowest BCUT2D eigenvalue weighted by molar-refractivity contribution is 1.29. The van der Waals surface area contributed by atoms with Gasteiger partial charge < -0.3 is 0 Å². The molecule has 0 aliphatic carbocycles. The fourth-order valence-electron chi connectivity index (χ4n) is 1.66. The Hall–Kier alpha value is -2.07. The van der Waals surface area contributed by atoms with E-state index in [-0.39, 0.29) is 0 Å². The number of rotatable bonds is 2. The van der Waals surface area contributed by atoms with Crippen molar-refractivity contribution in [3.05, 3.63) is 60.2 Å². The van der Waals surface area contributed by atoms with E-state index in [0.29, 0.717) is 5.56 Å². The Morgan fingerprint density at radius 3 is 2.60 bits per heavy atom. The highest BCUT2D eigenvalue weighted by Gasteiger charge is 1.97. The molecule has 0 aliphatic heterocycles. The summed E-state index contributed by atoms with van der Waals surface area (Å²) < 4.78 is 0. The Morgan fingerprint density at radius 2 is 1.87 bits per heavy atom. The van der Waals surface area contributed by atoms with Crippen molar-refractivity contribution in [2.75, 3.05) is 0 Å². The smallest absolute Gasteiger partial charge is 0.0991 e. The molecule has 0 spiro atoms. The minimum Gasteiger partial charge on any atom is -0.192 e. The van der Waals surface area contributed by atoms with Gasteiger partial charge in [-0.3, -0.25) is 0 Å². The van der Waals surface area contributed by atoms with Crippen molar-refractivity contribution in [2.24, 2.45) is 0 Å². The van der Waals surface area contributed by atoms with E-state index in [1.807, 2.05) is 24.3 Å². The summed E-state index contributed by atoms with van der Waals surface area (Å²) in [4.78, 5) is 0. The van der Waals surface area contributed by atoms with Crippen LogP contribution in [0.2, 0.25) is 0 Å². The third kappa shape index (κ3) is 1.89. The molecule has 0 unspecified atom stereocenters. The van der Waals surface area contributed by atoms with Gasteiger partial charge in [0.25, 0.3) is 0 Å². The molecule has 2 rings (SSSR count). The molecule has 0 amide bonds. The van der Waals surface area contributed by atoms with Crippen LogP contribution in [-0.2, 0) is 6.42 Å². The van der Waals surface area contributed by atoms with Crippen molar-refractivity contribution in [2.45, 2.75) is 6.42 Å². The highest BCUT2D eigenvalue weighted by Crippen LogP contribution is 2.18. The van der Waals surface area contributed by atoms with Crippen LogP contribution in [0.1, 0.15) is 11.1 Å². The molecule has 1 nitrogen and oxygen atoms in total. The summed E-state index contributed by atoms with van der Waals surface area (Å²) in [5, 5.41) is 11.1. The van der Waals surface area contributed by atoms with E-state index in [1.165, 1.54) is 10.9 Å². The van der Waals surface area contributed by atoms with Gasteiger partial charge in [0.05, 0.1) is 11.6 Å². The Balaban J connectivity index is 2.55. The van der Waals surface area contributed by atoms with Crippen LogP contribution in [0.4, 0.5) is 0 Å². The predicted molar refractivity (Wildman–Crippen MR) is 62.6 cm³/mol. The highest BCUT2D eigenvalue weighted by atomic mass is 14.2. The topological polar surface area (TPSA) is 23.8 Å². The van der Waals surface area contributed by atoms with Gasteiger partial charge in [-0.05, 0) is 34.9 Å². The molecule has 0 fully saturated rings. The molecule has 0 radical (unpaired) electrons. The Morgan fingerprint density at radius 1 is 1.13 bits per heavy atom. The van der Waals surface area contributed by atoms with Gasteiger partial charge >= 0.3 is 0 Å². The van der Waals surface area contributed by atoms with E-state index in [9.17, 15) is 0 Å². The van der Waals surface area contributed by atoms with Crippen molar-refractivity contribution in [1.82, 2.24) is 0 Å². The summed E-state index contributed by atoms with van der Waals surface area (Å²) in [6.07, 6.45) is 2.78. The fraction of sp³-hybridized carbons (Fsp3) is 0.0714. The van der Waals surface area contributed by atoms with E-state index in [0.717, 1.165) is 11.8 Å². The molecule has 2 aromatic rings. The van der Waals surface area contributed by atoms with Gasteiger partial charge in [-0.1, -0.05) is 30.3 Å². The maximum absolute atomic E-state index is 8.77. The van der Waals surface area contributed by atoms with Crippen LogP contribution in [0.15, 0.2) is 49.1 Å². The Labute approximate surface area is 89.3 Å². The zero-order valence-corrected chi connectivity index (χ0v) is 8.40. The normalized spacial score (nSPS) is 9.80. The van der Waals surface area contributed by atoms with E-state index in [4.69, 9.17) is 5.26 Å². The largest absolute Gasteiger partial charge is 0.192 e. The average Bonchev–Trinajstić information content (AvgIpc) is 2.29. The van der Waals surface area contributed by atoms with Crippen molar-refractivity contribution in [3.63, 3.8) is 0 Å². The first-order valence-corrected chi connectivity index (χ1v) is 4.87. The zero-order valence-electron chi connectivity index (χ0n) is 8.40. The van der Waals surface area contributed by atoms with Crippen LogP contribution in [-0.4, -0.2) is 0 Å². The van der Waals surface area contributed by atoms with Crippen molar-refractivity contribution in [1.29, 1.82) is 5.26 Å². The Kier molecular flexibility index (Phi) is 2.51.